The van der Waals surface area contributed by atoms with E-state index in [0.29, 0.717) is 16.7 Å². The number of fused-ring (bicyclic) bond motifs is 1. The average Bonchev–Trinajstić information content (AvgIpc) is 3.19. The predicted molar refractivity (Wildman–Crippen MR) is 125 cm³/mol. The van der Waals surface area contributed by atoms with Crippen LogP contribution >= 0.6 is 23.4 Å². The summed E-state index contributed by atoms with van der Waals surface area (Å²) in [7, 11) is -1.44. The summed E-state index contributed by atoms with van der Waals surface area (Å²) in [5, 5.41) is 1.16. The van der Waals surface area contributed by atoms with Crippen molar-refractivity contribution in [3.63, 3.8) is 0 Å². The van der Waals surface area contributed by atoms with Crippen LogP contribution in [0.1, 0.15) is 11.1 Å². The maximum atomic E-state index is 12.6. The third-order valence-electron chi connectivity index (χ3n) is 5.46. The number of amidine groups is 1. The molecule has 0 bridgehead atoms. The maximum absolute atomic E-state index is 12.6. The Bertz CT molecular complexity index is 1090. The minimum Gasteiger partial charge on any atom is -0.497 e. The number of nitrogens with zero attached hydrogens (tertiary/aromatic N) is 2. The Balaban J connectivity index is 1.49. The van der Waals surface area contributed by atoms with Gasteiger partial charge in [0.05, 0.1) is 31.1 Å². The molecule has 2 aliphatic heterocycles. The van der Waals surface area contributed by atoms with E-state index < -0.39 is 9.84 Å². The lowest BCUT2D eigenvalue weighted by Gasteiger charge is -2.24. The highest BCUT2D eigenvalue weighted by Gasteiger charge is 2.48. The predicted octanol–water partition coefficient (Wildman–Crippen LogP) is 3.23. The minimum atomic E-state index is -3.07. The van der Waals surface area contributed by atoms with Crippen LogP contribution in [0.15, 0.2) is 53.5 Å². The number of thioether (sulfide) groups is 1. The number of hydrogen-bond acceptors (Lipinski definition) is 5. The second-order valence-electron chi connectivity index (χ2n) is 7.68. The normalized spacial score (nSPS) is 23.2. The van der Waals surface area contributed by atoms with Crippen LogP contribution in [0.3, 0.4) is 0 Å². The third-order valence-corrected chi connectivity index (χ3v) is 8.96. The fourth-order valence-corrected chi connectivity index (χ4v) is 7.98. The van der Waals surface area contributed by atoms with Gasteiger partial charge in [0, 0.05) is 16.8 Å². The number of carbonyl (C=O) groups is 1. The molecule has 2 aromatic rings. The molecule has 0 aliphatic carbocycles. The number of aliphatic imine (C=N–C) groups is 1. The topological polar surface area (TPSA) is 76.0 Å². The Labute approximate surface area is 191 Å². The van der Waals surface area contributed by atoms with E-state index in [1.807, 2.05) is 41.3 Å². The van der Waals surface area contributed by atoms with Crippen LogP contribution in [0.25, 0.3) is 0 Å². The van der Waals surface area contributed by atoms with Gasteiger partial charge in [0.15, 0.2) is 15.0 Å². The van der Waals surface area contributed by atoms with E-state index in [-0.39, 0.29) is 35.1 Å². The van der Waals surface area contributed by atoms with E-state index in [9.17, 15) is 13.2 Å². The van der Waals surface area contributed by atoms with Crippen molar-refractivity contribution in [3.8, 4) is 5.75 Å². The SMILES string of the molecule is COc1ccc(CCN2C(=NC(=O)Cc3ccc(Cl)cc3)S[C@H]3CS(=O)(=O)C[C@@H]32)cc1. The first kappa shape index (κ1) is 22.2. The Kier molecular flexibility index (Phi) is 6.60. The first-order chi connectivity index (χ1) is 14.8. The summed E-state index contributed by atoms with van der Waals surface area (Å²) in [6.07, 6.45) is 0.902. The second-order valence-corrected chi connectivity index (χ2v) is 11.5. The highest BCUT2D eigenvalue weighted by Crippen LogP contribution is 2.38. The largest absolute Gasteiger partial charge is 0.497 e. The number of rotatable bonds is 6. The van der Waals surface area contributed by atoms with Crippen molar-refractivity contribution in [3.05, 3.63) is 64.7 Å². The van der Waals surface area contributed by atoms with Gasteiger partial charge in [-0.05, 0) is 41.8 Å². The lowest BCUT2D eigenvalue weighted by Crippen LogP contribution is -2.39. The highest BCUT2D eigenvalue weighted by molar-refractivity contribution is 8.15. The number of carbonyl (C=O) groups excluding carboxylic acids is 1. The van der Waals surface area contributed by atoms with E-state index in [4.69, 9.17) is 16.3 Å². The van der Waals surface area contributed by atoms with Gasteiger partial charge in [0.1, 0.15) is 5.75 Å². The summed E-state index contributed by atoms with van der Waals surface area (Å²) in [5.41, 5.74) is 1.95. The zero-order valence-electron chi connectivity index (χ0n) is 17.0. The maximum Gasteiger partial charge on any atom is 0.252 e. The van der Waals surface area contributed by atoms with E-state index in [1.54, 1.807) is 19.2 Å². The lowest BCUT2D eigenvalue weighted by atomic mass is 10.1. The average molecular weight is 479 g/mol. The molecule has 2 heterocycles. The lowest BCUT2D eigenvalue weighted by molar-refractivity contribution is -0.117. The molecule has 0 spiro atoms. The molecule has 0 unspecified atom stereocenters. The van der Waals surface area contributed by atoms with Gasteiger partial charge in [0.2, 0.25) is 0 Å². The molecular formula is C22H23ClN2O4S2. The van der Waals surface area contributed by atoms with Gasteiger partial charge >= 0.3 is 0 Å². The number of benzene rings is 2. The van der Waals surface area contributed by atoms with Crippen LogP contribution in [0.4, 0.5) is 0 Å². The van der Waals surface area contributed by atoms with Gasteiger partial charge in [-0.25, -0.2) is 8.42 Å². The van der Waals surface area contributed by atoms with Gasteiger partial charge < -0.3 is 9.64 Å². The van der Waals surface area contributed by atoms with Crippen LogP contribution in [0, 0.1) is 0 Å². The van der Waals surface area contributed by atoms with Crippen LogP contribution in [0.5, 0.6) is 5.75 Å². The molecule has 2 saturated heterocycles. The Morgan fingerprint density at radius 3 is 2.48 bits per heavy atom. The molecule has 31 heavy (non-hydrogen) atoms. The molecule has 0 N–H and O–H groups in total. The third kappa shape index (κ3) is 5.42. The molecule has 6 nitrogen and oxygen atoms in total. The van der Waals surface area contributed by atoms with Crippen LogP contribution in [0.2, 0.25) is 5.02 Å². The number of methoxy groups -OCH3 is 1. The molecule has 4 rings (SSSR count). The summed E-state index contributed by atoms with van der Waals surface area (Å²) in [5.74, 6) is 0.781. The number of ether oxygens (including phenoxy) is 1. The molecule has 2 atom stereocenters. The van der Waals surface area contributed by atoms with Crippen molar-refractivity contribution in [1.82, 2.24) is 4.90 Å². The first-order valence-corrected chi connectivity index (χ1v) is 13.0. The first-order valence-electron chi connectivity index (χ1n) is 9.95. The molecule has 0 aromatic heterocycles. The molecule has 0 saturated carbocycles. The molecule has 2 aromatic carbocycles. The highest BCUT2D eigenvalue weighted by atomic mass is 35.5. The van der Waals surface area contributed by atoms with Gasteiger partial charge in [-0.15, -0.1) is 0 Å². The zero-order valence-corrected chi connectivity index (χ0v) is 19.4. The van der Waals surface area contributed by atoms with Crippen molar-refractivity contribution < 1.29 is 17.9 Å². The fraction of sp³-hybridized carbons (Fsp3) is 0.364. The molecule has 2 aliphatic rings. The molecular weight excluding hydrogens is 456 g/mol. The van der Waals surface area contributed by atoms with E-state index in [2.05, 4.69) is 4.99 Å². The Hall–Kier alpha value is -2.03. The van der Waals surface area contributed by atoms with Gasteiger partial charge in [-0.2, -0.15) is 4.99 Å². The van der Waals surface area contributed by atoms with Crippen LogP contribution in [-0.2, 0) is 27.5 Å². The Morgan fingerprint density at radius 2 is 1.81 bits per heavy atom. The van der Waals surface area contributed by atoms with Crippen LogP contribution in [-0.4, -0.2) is 60.8 Å². The Morgan fingerprint density at radius 1 is 1.13 bits per heavy atom. The van der Waals surface area contributed by atoms with E-state index in [1.165, 1.54) is 11.8 Å². The number of halogens is 1. The molecule has 164 valence electrons. The summed E-state index contributed by atoms with van der Waals surface area (Å²) in [4.78, 5) is 19.0. The quantitative estimate of drug-likeness (QED) is 0.634. The number of sulfone groups is 1. The summed E-state index contributed by atoms with van der Waals surface area (Å²) >= 11 is 7.32. The molecule has 0 radical (unpaired) electrons. The van der Waals surface area contributed by atoms with Crippen molar-refractivity contribution in [2.75, 3.05) is 25.2 Å². The van der Waals surface area contributed by atoms with E-state index in [0.717, 1.165) is 23.3 Å². The summed E-state index contributed by atoms with van der Waals surface area (Å²) in [6, 6.07) is 14.8. The standard InChI is InChI=1S/C22H23ClN2O4S2/c1-29-18-8-4-15(5-9-18)10-11-25-19-13-31(27,28)14-20(19)30-22(25)24-21(26)12-16-2-6-17(23)7-3-16/h2-9,19-20H,10-14H2,1H3/t19-,20-/m0/s1. The summed E-state index contributed by atoms with van der Waals surface area (Å²) in [6.45, 7) is 0.600. The molecule has 9 heteroatoms. The van der Waals surface area contributed by atoms with Gasteiger partial charge in [0.25, 0.3) is 5.91 Å². The number of amides is 1. The molecule has 2 fully saturated rings. The van der Waals surface area contributed by atoms with Gasteiger partial charge in [-0.1, -0.05) is 47.6 Å². The zero-order chi connectivity index (χ0) is 22.0. The van der Waals surface area contributed by atoms with Crippen molar-refractivity contribution in [1.29, 1.82) is 0 Å². The summed E-state index contributed by atoms with van der Waals surface area (Å²) < 4.78 is 29.5. The second kappa shape index (κ2) is 9.22. The molecule has 1 amide bonds. The van der Waals surface area contributed by atoms with Crippen molar-refractivity contribution in [2.45, 2.75) is 24.1 Å². The van der Waals surface area contributed by atoms with Gasteiger partial charge in [-0.3, -0.25) is 4.79 Å². The van der Waals surface area contributed by atoms with Crippen molar-refractivity contribution in [2.24, 2.45) is 4.99 Å². The minimum absolute atomic E-state index is 0.0806. The van der Waals surface area contributed by atoms with Crippen molar-refractivity contribution >= 4 is 44.3 Å². The fourth-order valence-electron chi connectivity index (χ4n) is 3.86. The smallest absolute Gasteiger partial charge is 0.252 e. The van der Waals surface area contributed by atoms with Crippen LogP contribution < -0.4 is 4.74 Å². The van der Waals surface area contributed by atoms with E-state index >= 15 is 0 Å². The number of hydrogen-bond donors (Lipinski definition) is 0. The monoisotopic (exact) mass is 478 g/mol.